The first-order valence-electron chi connectivity index (χ1n) is 9.71. The highest BCUT2D eigenvalue weighted by atomic mass is 16.2. The maximum Gasteiger partial charge on any atom is 0.239 e. The van der Waals surface area contributed by atoms with Crippen LogP contribution in [0.4, 0.5) is 0 Å². The van der Waals surface area contributed by atoms with E-state index in [4.69, 9.17) is 5.73 Å². The van der Waals surface area contributed by atoms with Crippen LogP contribution in [0.25, 0.3) is 0 Å². The molecule has 1 aliphatic rings. The van der Waals surface area contributed by atoms with E-state index in [9.17, 15) is 9.59 Å². The van der Waals surface area contributed by atoms with Gasteiger partial charge in [0.05, 0.1) is 12.6 Å². The Balaban J connectivity index is 1.95. The van der Waals surface area contributed by atoms with Gasteiger partial charge in [-0.05, 0) is 31.2 Å². The van der Waals surface area contributed by atoms with E-state index in [1.165, 1.54) is 30.4 Å². The summed E-state index contributed by atoms with van der Waals surface area (Å²) < 4.78 is 0. The number of benzene rings is 1. The standard InChI is InChI=1S/C21H33N3O2/c1-15(2)19(22)20(26)23-13-18(25)24-14-21(10-5-4-6-11-21)17-9-7-8-16(3)12-17/h7-9,12,15,19H,4-6,10-11,13-14,22H2,1-3H3,(H,23,26)(H,24,25)/t19-/m0/s1. The zero-order chi connectivity index (χ0) is 19.2. The minimum atomic E-state index is -0.584. The Morgan fingerprint density at radius 3 is 2.46 bits per heavy atom. The Hall–Kier alpha value is -1.88. The molecule has 144 valence electrons. The molecule has 4 N–H and O–H groups in total. The van der Waals surface area contributed by atoms with Gasteiger partial charge in [-0.2, -0.15) is 0 Å². The molecule has 0 bridgehead atoms. The smallest absolute Gasteiger partial charge is 0.239 e. The van der Waals surface area contributed by atoms with Crippen LogP contribution in [0.15, 0.2) is 24.3 Å². The Morgan fingerprint density at radius 2 is 1.85 bits per heavy atom. The SMILES string of the molecule is Cc1cccc(C2(CNC(=O)CNC(=O)[C@@H](N)C(C)C)CCCCC2)c1. The quantitative estimate of drug-likeness (QED) is 0.699. The van der Waals surface area contributed by atoms with Crippen molar-refractivity contribution in [1.29, 1.82) is 0 Å². The van der Waals surface area contributed by atoms with Gasteiger partial charge < -0.3 is 16.4 Å². The highest BCUT2D eigenvalue weighted by Gasteiger charge is 2.34. The number of nitrogens with one attached hydrogen (secondary N) is 2. The minimum Gasteiger partial charge on any atom is -0.354 e. The Morgan fingerprint density at radius 1 is 1.15 bits per heavy atom. The monoisotopic (exact) mass is 359 g/mol. The maximum absolute atomic E-state index is 12.3. The zero-order valence-corrected chi connectivity index (χ0v) is 16.3. The van der Waals surface area contributed by atoms with E-state index in [-0.39, 0.29) is 29.7 Å². The molecular formula is C21H33N3O2. The van der Waals surface area contributed by atoms with Crippen molar-refractivity contribution in [3.8, 4) is 0 Å². The van der Waals surface area contributed by atoms with Crippen LogP contribution in [0.3, 0.4) is 0 Å². The fourth-order valence-electron chi connectivity index (χ4n) is 3.69. The van der Waals surface area contributed by atoms with Crippen LogP contribution in [0.1, 0.15) is 57.1 Å². The van der Waals surface area contributed by atoms with Crippen molar-refractivity contribution in [2.24, 2.45) is 11.7 Å². The lowest BCUT2D eigenvalue weighted by Gasteiger charge is -2.38. The van der Waals surface area contributed by atoms with Gasteiger partial charge in [0.2, 0.25) is 11.8 Å². The molecule has 0 aromatic heterocycles. The Bertz CT molecular complexity index is 621. The lowest BCUT2D eigenvalue weighted by Crippen LogP contribution is -2.49. The van der Waals surface area contributed by atoms with Gasteiger partial charge in [-0.1, -0.05) is 62.9 Å². The minimum absolute atomic E-state index is 0.00171. The lowest BCUT2D eigenvalue weighted by molar-refractivity contribution is -0.127. The van der Waals surface area contributed by atoms with Gasteiger partial charge in [0.1, 0.15) is 0 Å². The second-order valence-electron chi connectivity index (χ2n) is 7.97. The first kappa shape index (κ1) is 20.4. The molecule has 1 saturated carbocycles. The molecule has 1 fully saturated rings. The number of hydrogen-bond donors (Lipinski definition) is 3. The Kier molecular flexibility index (Phi) is 7.21. The number of hydrogen-bond acceptors (Lipinski definition) is 3. The van der Waals surface area contributed by atoms with E-state index in [1.54, 1.807) is 0 Å². The third-order valence-electron chi connectivity index (χ3n) is 5.51. The summed E-state index contributed by atoms with van der Waals surface area (Å²) in [5, 5.41) is 5.68. The molecule has 1 aliphatic carbocycles. The summed E-state index contributed by atoms with van der Waals surface area (Å²) in [6.45, 7) is 6.47. The molecule has 5 nitrogen and oxygen atoms in total. The first-order chi connectivity index (χ1) is 12.3. The number of aryl methyl sites for hydroxylation is 1. The van der Waals surface area contributed by atoms with Crippen molar-refractivity contribution in [3.63, 3.8) is 0 Å². The number of rotatable bonds is 7. The van der Waals surface area contributed by atoms with E-state index in [0.29, 0.717) is 6.54 Å². The van der Waals surface area contributed by atoms with E-state index in [2.05, 4.69) is 41.8 Å². The molecule has 0 aliphatic heterocycles. The molecule has 2 rings (SSSR count). The predicted molar refractivity (Wildman–Crippen MR) is 105 cm³/mol. The van der Waals surface area contributed by atoms with E-state index in [0.717, 1.165) is 12.8 Å². The molecule has 0 unspecified atom stereocenters. The third kappa shape index (κ3) is 5.31. The maximum atomic E-state index is 12.3. The zero-order valence-electron chi connectivity index (χ0n) is 16.3. The molecule has 1 aromatic rings. The van der Waals surface area contributed by atoms with Crippen molar-refractivity contribution >= 4 is 11.8 Å². The molecule has 1 atom stereocenters. The number of amides is 2. The molecule has 26 heavy (non-hydrogen) atoms. The van der Waals surface area contributed by atoms with Crippen molar-refractivity contribution in [1.82, 2.24) is 10.6 Å². The van der Waals surface area contributed by atoms with Gasteiger partial charge >= 0.3 is 0 Å². The van der Waals surface area contributed by atoms with Gasteiger partial charge in [0.25, 0.3) is 0 Å². The molecular weight excluding hydrogens is 326 g/mol. The van der Waals surface area contributed by atoms with Gasteiger partial charge in [-0.3, -0.25) is 9.59 Å². The molecule has 0 heterocycles. The van der Waals surface area contributed by atoms with Crippen molar-refractivity contribution < 1.29 is 9.59 Å². The van der Waals surface area contributed by atoms with Crippen LogP contribution in [-0.2, 0) is 15.0 Å². The fraction of sp³-hybridized carbons (Fsp3) is 0.619. The molecule has 5 heteroatoms. The Labute approximate surface area is 157 Å². The van der Waals surface area contributed by atoms with Gasteiger partial charge in [0.15, 0.2) is 0 Å². The van der Waals surface area contributed by atoms with E-state index < -0.39 is 6.04 Å². The van der Waals surface area contributed by atoms with Crippen LogP contribution in [0.2, 0.25) is 0 Å². The highest BCUT2D eigenvalue weighted by molar-refractivity contribution is 5.87. The summed E-state index contributed by atoms with van der Waals surface area (Å²) >= 11 is 0. The summed E-state index contributed by atoms with van der Waals surface area (Å²) in [6, 6.07) is 8.02. The summed E-state index contributed by atoms with van der Waals surface area (Å²) in [7, 11) is 0. The lowest BCUT2D eigenvalue weighted by atomic mass is 9.69. The van der Waals surface area contributed by atoms with Crippen LogP contribution in [0.5, 0.6) is 0 Å². The average molecular weight is 360 g/mol. The van der Waals surface area contributed by atoms with Gasteiger partial charge in [-0.25, -0.2) is 0 Å². The second-order valence-corrected chi connectivity index (χ2v) is 7.97. The molecule has 1 aromatic carbocycles. The van der Waals surface area contributed by atoms with Crippen molar-refractivity contribution in [3.05, 3.63) is 35.4 Å². The molecule has 0 saturated heterocycles. The van der Waals surface area contributed by atoms with Crippen LogP contribution < -0.4 is 16.4 Å². The van der Waals surface area contributed by atoms with Crippen molar-refractivity contribution in [2.75, 3.05) is 13.1 Å². The summed E-state index contributed by atoms with van der Waals surface area (Å²) in [5.41, 5.74) is 8.36. The van der Waals surface area contributed by atoms with Crippen molar-refractivity contribution in [2.45, 2.75) is 64.3 Å². The van der Waals surface area contributed by atoms with E-state index in [1.807, 2.05) is 13.8 Å². The summed E-state index contributed by atoms with van der Waals surface area (Å²) in [6.07, 6.45) is 5.79. The fourth-order valence-corrected chi connectivity index (χ4v) is 3.69. The van der Waals surface area contributed by atoms with Crippen LogP contribution in [0, 0.1) is 12.8 Å². The number of carbonyl (C=O) groups is 2. The third-order valence-corrected chi connectivity index (χ3v) is 5.51. The highest BCUT2D eigenvalue weighted by Crippen LogP contribution is 2.39. The van der Waals surface area contributed by atoms with Gasteiger partial charge in [-0.15, -0.1) is 0 Å². The second kappa shape index (κ2) is 9.17. The average Bonchev–Trinajstić information content (AvgIpc) is 2.64. The topological polar surface area (TPSA) is 84.2 Å². The van der Waals surface area contributed by atoms with Crippen LogP contribution in [-0.4, -0.2) is 30.9 Å². The summed E-state index contributed by atoms with van der Waals surface area (Å²) in [5.74, 6) is -0.391. The normalized spacial score (nSPS) is 17.6. The van der Waals surface area contributed by atoms with Gasteiger partial charge in [0, 0.05) is 12.0 Å². The van der Waals surface area contributed by atoms with Crippen LogP contribution >= 0.6 is 0 Å². The summed E-state index contributed by atoms with van der Waals surface area (Å²) in [4.78, 5) is 24.2. The van der Waals surface area contributed by atoms with E-state index >= 15 is 0 Å². The first-order valence-corrected chi connectivity index (χ1v) is 9.71. The number of carbonyl (C=O) groups excluding carboxylic acids is 2. The largest absolute Gasteiger partial charge is 0.354 e. The molecule has 0 radical (unpaired) electrons. The molecule has 0 spiro atoms. The number of nitrogens with two attached hydrogens (primary N) is 1. The molecule has 2 amide bonds. The predicted octanol–water partition coefficient (Wildman–Crippen LogP) is 2.41.